The first-order chi connectivity index (χ1) is 13.5. The van der Waals surface area contributed by atoms with E-state index in [1.165, 1.54) is 24.8 Å². The third-order valence-corrected chi connectivity index (χ3v) is 4.36. The molecule has 0 spiro atoms. The zero-order chi connectivity index (χ0) is 20.6. The van der Waals surface area contributed by atoms with Gasteiger partial charge in [-0.15, -0.1) is 0 Å². The predicted octanol–water partition coefficient (Wildman–Crippen LogP) is 1.42. The van der Waals surface area contributed by atoms with Crippen LogP contribution in [0.25, 0.3) is 0 Å². The maximum absolute atomic E-state index is 7.39. The summed E-state index contributed by atoms with van der Waals surface area (Å²) in [6, 6.07) is 7.76. The lowest BCUT2D eigenvalue weighted by molar-refractivity contribution is 0.592. The fraction of sp³-hybridized carbons (Fsp3) is 0.550. The van der Waals surface area contributed by atoms with Crippen LogP contribution in [-0.2, 0) is 6.42 Å². The lowest BCUT2D eigenvalue weighted by Crippen LogP contribution is -2.32. The lowest BCUT2D eigenvalue weighted by atomic mass is 10.1. The Morgan fingerprint density at radius 1 is 0.786 bits per heavy atom. The number of benzene rings is 1. The second-order valence-corrected chi connectivity index (χ2v) is 6.84. The Morgan fingerprint density at radius 3 is 2.04 bits per heavy atom. The van der Waals surface area contributed by atoms with E-state index in [4.69, 9.17) is 28.3 Å². The van der Waals surface area contributed by atoms with E-state index in [0.717, 1.165) is 50.8 Å². The van der Waals surface area contributed by atoms with Crippen LogP contribution >= 0.6 is 0 Å². The Hall–Kier alpha value is -2.77. The van der Waals surface area contributed by atoms with Crippen LogP contribution in [0.3, 0.4) is 0 Å². The van der Waals surface area contributed by atoms with Crippen molar-refractivity contribution in [2.24, 2.45) is 32.9 Å². The molecule has 1 rings (SSSR count). The molecule has 1 aromatic rings. The maximum Gasteiger partial charge on any atom is 0.188 e. The van der Waals surface area contributed by atoms with Crippen LogP contribution in [0.2, 0.25) is 0 Å². The molecule has 0 aromatic heterocycles. The molecule has 8 nitrogen and oxygen atoms in total. The maximum atomic E-state index is 7.39. The van der Waals surface area contributed by atoms with Gasteiger partial charge in [-0.05, 0) is 31.2 Å². The summed E-state index contributed by atoms with van der Waals surface area (Å²) in [6.07, 6.45) is 8.74. The van der Waals surface area contributed by atoms with Crippen molar-refractivity contribution in [3.8, 4) is 0 Å². The largest absolute Gasteiger partial charge is 0.384 e. The summed E-state index contributed by atoms with van der Waals surface area (Å²) in [4.78, 5) is 8.33. The van der Waals surface area contributed by atoms with Gasteiger partial charge in [-0.3, -0.25) is 15.4 Å². The van der Waals surface area contributed by atoms with Gasteiger partial charge >= 0.3 is 0 Å². The van der Waals surface area contributed by atoms with Crippen LogP contribution in [0.15, 0.2) is 34.3 Å². The van der Waals surface area contributed by atoms with Gasteiger partial charge in [0.1, 0.15) is 5.84 Å². The van der Waals surface area contributed by atoms with Gasteiger partial charge in [-0.1, -0.05) is 49.9 Å². The molecule has 10 N–H and O–H groups in total. The predicted molar refractivity (Wildman–Crippen MR) is 119 cm³/mol. The first-order valence-corrected chi connectivity index (χ1v) is 10.0. The van der Waals surface area contributed by atoms with E-state index in [1.807, 2.05) is 24.3 Å². The van der Waals surface area contributed by atoms with Crippen LogP contribution < -0.4 is 28.3 Å². The number of nitrogens with one attached hydrogen (secondary N) is 2. The first kappa shape index (κ1) is 23.3. The van der Waals surface area contributed by atoms with Crippen molar-refractivity contribution in [3.05, 3.63) is 35.4 Å². The number of rotatable bonds is 14. The molecule has 156 valence electrons. The van der Waals surface area contributed by atoms with E-state index in [-0.39, 0.29) is 11.8 Å². The number of nitrogens with zero attached hydrogens (tertiary/aromatic N) is 2. The number of nitrogen functional groups attached to an aromatic ring is 1. The molecule has 1 aromatic carbocycles. The molecule has 0 saturated carbocycles. The van der Waals surface area contributed by atoms with Crippen LogP contribution in [0.1, 0.15) is 56.1 Å². The number of guanidine groups is 2. The van der Waals surface area contributed by atoms with Crippen LogP contribution in [0, 0.1) is 5.41 Å². The van der Waals surface area contributed by atoms with E-state index in [9.17, 15) is 0 Å². The average molecular weight is 389 g/mol. The zero-order valence-electron chi connectivity index (χ0n) is 16.8. The molecule has 0 unspecified atom stereocenters. The molecular formula is C20H36N8. The molecular weight excluding hydrogens is 352 g/mol. The topological polar surface area (TPSA) is 165 Å². The smallest absolute Gasteiger partial charge is 0.188 e. The number of amidine groups is 1. The molecule has 0 fully saturated rings. The summed E-state index contributed by atoms with van der Waals surface area (Å²) >= 11 is 0. The van der Waals surface area contributed by atoms with E-state index in [0.29, 0.717) is 12.5 Å². The van der Waals surface area contributed by atoms with Crippen molar-refractivity contribution in [1.29, 1.82) is 5.41 Å². The number of aliphatic imine (C=N–C) groups is 2. The molecule has 0 amide bonds. The monoisotopic (exact) mass is 388 g/mol. The summed E-state index contributed by atoms with van der Waals surface area (Å²) in [5.41, 5.74) is 23.9. The Morgan fingerprint density at radius 2 is 1.39 bits per heavy atom. The molecule has 28 heavy (non-hydrogen) atoms. The number of unbranched alkanes of at least 4 members (excludes halogenated alkanes) is 5. The fourth-order valence-electron chi connectivity index (χ4n) is 2.76. The fourth-order valence-corrected chi connectivity index (χ4v) is 2.76. The van der Waals surface area contributed by atoms with Gasteiger partial charge in [0.2, 0.25) is 0 Å². The normalized spacial score (nSPS) is 11.2. The SMILES string of the molecule is N=C(N)c1ccc(CCCN=C(N)NCCCCCCCCN=C(N)N)cc1. The molecule has 0 aliphatic heterocycles. The standard InChI is InChI=1S/C20H36N8/c21-18(22)17-11-9-16(10-12-17)8-7-15-28-20(25)27-14-6-4-2-1-3-5-13-26-19(23)24/h9-12H,1-8,13-15H2,(H3,21,22)(H4,23,24,26)(H3,25,27,28). The number of hydrogen-bond acceptors (Lipinski definition) is 3. The third-order valence-electron chi connectivity index (χ3n) is 4.36. The van der Waals surface area contributed by atoms with Gasteiger partial charge in [0.05, 0.1) is 0 Å². The minimum atomic E-state index is 0.0952. The van der Waals surface area contributed by atoms with Gasteiger partial charge in [0.25, 0.3) is 0 Å². The summed E-state index contributed by atoms with van der Waals surface area (Å²) in [6.45, 7) is 2.28. The molecule has 0 atom stereocenters. The third kappa shape index (κ3) is 11.8. The Balaban J connectivity index is 2.00. The lowest BCUT2D eigenvalue weighted by Gasteiger charge is -2.06. The van der Waals surface area contributed by atoms with E-state index in [1.54, 1.807) is 0 Å². The second kappa shape index (κ2) is 14.3. The van der Waals surface area contributed by atoms with Crippen molar-refractivity contribution >= 4 is 17.8 Å². The summed E-state index contributed by atoms with van der Waals surface area (Å²) in [7, 11) is 0. The summed E-state index contributed by atoms with van der Waals surface area (Å²) in [5.74, 6) is 0.788. The highest BCUT2D eigenvalue weighted by Crippen LogP contribution is 2.07. The Bertz CT molecular complexity index is 618. The van der Waals surface area contributed by atoms with Crippen molar-refractivity contribution in [2.75, 3.05) is 19.6 Å². The number of aryl methyl sites for hydroxylation is 1. The Kier molecular flexibility index (Phi) is 11.9. The molecule has 0 heterocycles. The highest BCUT2D eigenvalue weighted by Gasteiger charge is 1.98. The van der Waals surface area contributed by atoms with E-state index >= 15 is 0 Å². The quantitative estimate of drug-likeness (QED) is 0.161. The van der Waals surface area contributed by atoms with Crippen molar-refractivity contribution in [2.45, 2.75) is 51.4 Å². The summed E-state index contributed by atoms with van der Waals surface area (Å²) in [5, 5.41) is 10.6. The average Bonchev–Trinajstić information content (AvgIpc) is 2.66. The van der Waals surface area contributed by atoms with Crippen LogP contribution in [0.4, 0.5) is 0 Å². The van der Waals surface area contributed by atoms with Crippen LogP contribution in [0.5, 0.6) is 0 Å². The minimum absolute atomic E-state index is 0.0952. The minimum Gasteiger partial charge on any atom is -0.384 e. The van der Waals surface area contributed by atoms with Gasteiger partial charge in [0.15, 0.2) is 11.9 Å². The molecule has 0 radical (unpaired) electrons. The number of hydrogen-bond donors (Lipinski definition) is 6. The highest BCUT2D eigenvalue weighted by molar-refractivity contribution is 5.94. The van der Waals surface area contributed by atoms with Crippen LogP contribution in [-0.4, -0.2) is 37.4 Å². The van der Waals surface area contributed by atoms with Crippen molar-refractivity contribution in [3.63, 3.8) is 0 Å². The molecule has 0 aliphatic rings. The van der Waals surface area contributed by atoms with Gasteiger partial charge in [-0.2, -0.15) is 0 Å². The van der Waals surface area contributed by atoms with Gasteiger partial charge < -0.3 is 28.3 Å². The first-order valence-electron chi connectivity index (χ1n) is 10.0. The van der Waals surface area contributed by atoms with Crippen molar-refractivity contribution in [1.82, 2.24) is 5.32 Å². The molecule has 8 heteroatoms. The highest BCUT2D eigenvalue weighted by atomic mass is 15.1. The second-order valence-electron chi connectivity index (χ2n) is 6.84. The van der Waals surface area contributed by atoms with Crippen molar-refractivity contribution < 1.29 is 0 Å². The van der Waals surface area contributed by atoms with E-state index in [2.05, 4.69) is 15.3 Å². The molecule has 0 saturated heterocycles. The number of nitrogens with two attached hydrogens (primary N) is 4. The molecule has 0 aliphatic carbocycles. The zero-order valence-corrected chi connectivity index (χ0v) is 16.8. The summed E-state index contributed by atoms with van der Waals surface area (Å²) < 4.78 is 0. The van der Waals surface area contributed by atoms with Gasteiger partial charge in [0, 0.05) is 25.2 Å². The Labute approximate surface area is 168 Å². The molecule has 0 bridgehead atoms. The van der Waals surface area contributed by atoms with Gasteiger partial charge in [-0.25, -0.2) is 0 Å². The van der Waals surface area contributed by atoms with E-state index < -0.39 is 0 Å².